The average molecular weight is 254 g/mol. The Morgan fingerprint density at radius 3 is 2.22 bits per heavy atom. The number of amides is 1. The summed E-state index contributed by atoms with van der Waals surface area (Å²) >= 11 is 0. The van der Waals surface area contributed by atoms with E-state index in [0.717, 1.165) is 12.8 Å². The van der Waals surface area contributed by atoms with E-state index in [9.17, 15) is 4.79 Å². The van der Waals surface area contributed by atoms with E-state index in [2.05, 4.69) is 51.8 Å². The fraction of sp³-hybridized carbons (Fsp3) is 0.933. The lowest BCUT2D eigenvalue weighted by atomic mass is 9.97. The Labute approximate surface area is 112 Å². The molecular formula is C15H30N2O. The highest BCUT2D eigenvalue weighted by atomic mass is 16.2. The van der Waals surface area contributed by atoms with Gasteiger partial charge >= 0.3 is 0 Å². The van der Waals surface area contributed by atoms with Gasteiger partial charge in [0, 0.05) is 6.04 Å². The van der Waals surface area contributed by atoms with Crippen LogP contribution in [0.3, 0.4) is 0 Å². The summed E-state index contributed by atoms with van der Waals surface area (Å²) in [6.45, 7) is 15.1. The molecule has 0 saturated carbocycles. The molecule has 1 rings (SSSR count). The van der Waals surface area contributed by atoms with E-state index < -0.39 is 0 Å². The molecule has 3 unspecified atom stereocenters. The molecule has 1 saturated heterocycles. The topological polar surface area (TPSA) is 32.3 Å². The van der Waals surface area contributed by atoms with Crippen LogP contribution < -0.4 is 5.32 Å². The standard InChI is InChI=1S/C15H30N2O/c1-8-15(7)14(18)17(12(6)11(4)5)13(16-15)9-10(2)3/h10-13,16H,8-9H2,1-7H3. The van der Waals surface area contributed by atoms with Crippen molar-refractivity contribution in [3.63, 3.8) is 0 Å². The van der Waals surface area contributed by atoms with Crippen molar-refractivity contribution >= 4 is 5.91 Å². The van der Waals surface area contributed by atoms with Crippen LogP contribution in [0.25, 0.3) is 0 Å². The summed E-state index contributed by atoms with van der Waals surface area (Å²) in [4.78, 5) is 14.8. The van der Waals surface area contributed by atoms with Gasteiger partial charge in [0.1, 0.15) is 0 Å². The van der Waals surface area contributed by atoms with E-state index in [1.54, 1.807) is 0 Å². The second-order valence-electron chi connectivity index (χ2n) is 6.67. The Morgan fingerprint density at radius 2 is 1.83 bits per heavy atom. The molecule has 1 amide bonds. The first-order valence-corrected chi connectivity index (χ1v) is 7.33. The van der Waals surface area contributed by atoms with Gasteiger partial charge in [-0.2, -0.15) is 0 Å². The van der Waals surface area contributed by atoms with Crippen molar-refractivity contribution in [1.29, 1.82) is 0 Å². The highest BCUT2D eigenvalue weighted by Crippen LogP contribution is 2.30. The predicted octanol–water partition coefficient (Wildman–Crippen LogP) is 3.00. The molecule has 0 bridgehead atoms. The van der Waals surface area contributed by atoms with Crippen molar-refractivity contribution < 1.29 is 4.79 Å². The maximum atomic E-state index is 12.7. The Bertz CT molecular complexity index is 301. The van der Waals surface area contributed by atoms with Crippen LogP contribution in [0.15, 0.2) is 0 Å². The Hall–Kier alpha value is -0.570. The number of rotatable bonds is 5. The van der Waals surface area contributed by atoms with Gasteiger partial charge in [0.05, 0.1) is 11.7 Å². The number of nitrogens with one attached hydrogen (secondary N) is 1. The van der Waals surface area contributed by atoms with Gasteiger partial charge in [-0.05, 0) is 38.5 Å². The molecule has 18 heavy (non-hydrogen) atoms. The summed E-state index contributed by atoms with van der Waals surface area (Å²) in [6, 6.07) is 0.294. The fourth-order valence-corrected chi connectivity index (χ4v) is 2.59. The molecule has 1 aliphatic heterocycles. The van der Waals surface area contributed by atoms with Crippen LogP contribution in [0.1, 0.15) is 61.3 Å². The van der Waals surface area contributed by atoms with Gasteiger partial charge < -0.3 is 4.90 Å². The molecule has 1 fully saturated rings. The zero-order chi connectivity index (χ0) is 14.1. The quantitative estimate of drug-likeness (QED) is 0.818. The molecular weight excluding hydrogens is 224 g/mol. The highest BCUT2D eigenvalue weighted by Gasteiger charge is 2.48. The van der Waals surface area contributed by atoms with Crippen molar-refractivity contribution in [2.24, 2.45) is 11.8 Å². The molecule has 1 aliphatic rings. The largest absolute Gasteiger partial charge is 0.323 e. The SMILES string of the molecule is CCC1(C)NC(CC(C)C)N(C(C)C(C)C)C1=O. The molecule has 3 atom stereocenters. The van der Waals surface area contributed by atoms with E-state index in [1.165, 1.54) is 0 Å². The van der Waals surface area contributed by atoms with Crippen molar-refractivity contribution in [2.45, 2.75) is 79.1 Å². The summed E-state index contributed by atoms with van der Waals surface area (Å²) in [5, 5.41) is 3.56. The Balaban J connectivity index is 2.97. The summed E-state index contributed by atoms with van der Waals surface area (Å²) in [6.07, 6.45) is 2.07. The first-order chi connectivity index (χ1) is 8.23. The predicted molar refractivity (Wildman–Crippen MR) is 76.2 cm³/mol. The third-order valence-electron chi connectivity index (χ3n) is 4.33. The molecule has 3 nitrogen and oxygen atoms in total. The van der Waals surface area contributed by atoms with Gasteiger partial charge in [-0.1, -0.05) is 34.6 Å². The summed E-state index contributed by atoms with van der Waals surface area (Å²) in [5.74, 6) is 1.36. The molecule has 0 spiro atoms. The summed E-state index contributed by atoms with van der Waals surface area (Å²) < 4.78 is 0. The summed E-state index contributed by atoms with van der Waals surface area (Å²) in [7, 11) is 0. The van der Waals surface area contributed by atoms with E-state index in [4.69, 9.17) is 0 Å². The van der Waals surface area contributed by atoms with Crippen LogP contribution in [0.2, 0.25) is 0 Å². The second-order valence-corrected chi connectivity index (χ2v) is 6.67. The van der Waals surface area contributed by atoms with Crippen molar-refractivity contribution in [2.75, 3.05) is 0 Å². The van der Waals surface area contributed by atoms with Crippen LogP contribution in [-0.4, -0.2) is 28.6 Å². The Morgan fingerprint density at radius 1 is 1.28 bits per heavy atom. The van der Waals surface area contributed by atoms with Crippen molar-refractivity contribution in [3.05, 3.63) is 0 Å². The third-order valence-corrected chi connectivity index (χ3v) is 4.33. The lowest BCUT2D eigenvalue weighted by molar-refractivity contribution is -0.135. The number of nitrogens with zero attached hydrogens (tertiary/aromatic N) is 1. The fourth-order valence-electron chi connectivity index (χ4n) is 2.59. The first kappa shape index (κ1) is 15.5. The number of hydrogen-bond donors (Lipinski definition) is 1. The first-order valence-electron chi connectivity index (χ1n) is 7.33. The van der Waals surface area contributed by atoms with Gasteiger partial charge in [-0.3, -0.25) is 10.1 Å². The number of carbonyl (C=O) groups excluding carboxylic acids is 1. The monoisotopic (exact) mass is 254 g/mol. The maximum absolute atomic E-state index is 12.7. The highest BCUT2D eigenvalue weighted by molar-refractivity contribution is 5.88. The maximum Gasteiger partial charge on any atom is 0.244 e. The lowest BCUT2D eigenvalue weighted by Crippen LogP contribution is -2.46. The van der Waals surface area contributed by atoms with E-state index >= 15 is 0 Å². The molecule has 0 radical (unpaired) electrons. The van der Waals surface area contributed by atoms with Gasteiger partial charge in [0.15, 0.2) is 0 Å². The van der Waals surface area contributed by atoms with Gasteiger partial charge in [0.2, 0.25) is 5.91 Å². The van der Waals surface area contributed by atoms with E-state index in [-0.39, 0.29) is 17.6 Å². The average Bonchev–Trinajstić information content (AvgIpc) is 2.50. The van der Waals surface area contributed by atoms with Crippen LogP contribution in [-0.2, 0) is 4.79 Å². The van der Waals surface area contributed by atoms with Crippen molar-refractivity contribution in [3.8, 4) is 0 Å². The van der Waals surface area contributed by atoms with Crippen molar-refractivity contribution in [1.82, 2.24) is 10.2 Å². The molecule has 0 aromatic carbocycles. The normalized spacial score (nSPS) is 30.6. The van der Waals surface area contributed by atoms with E-state index in [1.807, 2.05) is 6.92 Å². The molecule has 0 aliphatic carbocycles. The molecule has 0 aromatic heterocycles. The lowest BCUT2D eigenvalue weighted by Gasteiger charge is -2.33. The minimum atomic E-state index is -0.372. The second kappa shape index (κ2) is 5.60. The van der Waals surface area contributed by atoms with Crippen LogP contribution in [0, 0.1) is 11.8 Å². The van der Waals surface area contributed by atoms with Crippen LogP contribution in [0.5, 0.6) is 0 Å². The van der Waals surface area contributed by atoms with Crippen LogP contribution in [0.4, 0.5) is 0 Å². The summed E-state index contributed by atoms with van der Waals surface area (Å²) in [5.41, 5.74) is -0.372. The van der Waals surface area contributed by atoms with Crippen LogP contribution >= 0.6 is 0 Å². The smallest absolute Gasteiger partial charge is 0.244 e. The zero-order valence-corrected chi connectivity index (χ0v) is 13.1. The number of hydrogen-bond acceptors (Lipinski definition) is 2. The minimum absolute atomic E-state index is 0.194. The van der Waals surface area contributed by atoms with Gasteiger partial charge in [-0.25, -0.2) is 0 Å². The van der Waals surface area contributed by atoms with Gasteiger partial charge in [0.25, 0.3) is 0 Å². The number of carbonyl (C=O) groups is 1. The minimum Gasteiger partial charge on any atom is -0.323 e. The zero-order valence-electron chi connectivity index (χ0n) is 13.1. The molecule has 1 N–H and O–H groups in total. The third kappa shape index (κ3) is 2.87. The molecule has 106 valence electrons. The van der Waals surface area contributed by atoms with Gasteiger partial charge in [-0.15, -0.1) is 0 Å². The molecule has 0 aromatic rings. The molecule has 1 heterocycles. The van der Waals surface area contributed by atoms with E-state index in [0.29, 0.717) is 17.9 Å². The Kier molecular flexibility index (Phi) is 4.82. The molecule has 3 heteroatoms.